The van der Waals surface area contributed by atoms with Crippen molar-refractivity contribution in [3.8, 4) is 0 Å². The number of hydrogen-bond acceptors (Lipinski definition) is 2. The van der Waals surface area contributed by atoms with Crippen LogP contribution in [0.4, 0.5) is 8.78 Å². The highest BCUT2D eigenvalue weighted by molar-refractivity contribution is 5.87. The number of likely N-dealkylation sites (N-methyl/N-ethyl adjacent to an activating group) is 1. The van der Waals surface area contributed by atoms with Gasteiger partial charge in [0, 0.05) is 19.6 Å². The summed E-state index contributed by atoms with van der Waals surface area (Å²) in [5.74, 6) is -0.915. The summed E-state index contributed by atoms with van der Waals surface area (Å²) in [6.07, 6.45) is 2.41. The second-order valence-electron chi connectivity index (χ2n) is 8.31. The Hall–Kier alpha value is -2.27. The fourth-order valence-electron chi connectivity index (χ4n) is 4.20. The lowest BCUT2D eigenvalue weighted by atomic mass is 9.89. The predicted octanol–water partition coefficient (Wildman–Crippen LogP) is 4.68. The molecular formula is C24H30F2N2O. The summed E-state index contributed by atoms with van der Waals surface area (Å²) in [5.41, 5.74) is 1.41. The number of carbonyl (C=O) groups excluding carboxylic acids is 1. The molecule has 1 fully saturated rings. The van der Waals surface area contributed by atoms with Gasteiger partial charge in [-0.3, -0.25) is 9.69 Å². The van der Waals surface area contributed by atoms with Gasteiger partial charge in [0.1, 0.15) is 11.6 Å². The molecule has 3 rings (SSSR count). The Labute approximate surface area is 172 Å². The van der Waals surface area contributed by atoms with Crippen LogP contribution in [0.15, 0.2) is 48.5 Å². The van der Waals surface area contributed by atoms with Gasteiger partial charge in [0.15, 0.2) is 0 Å². The molecule has 29 heavy (non-hydrogen) atoms. The van der Waals surface area contributed by atoms with Crippen LogP contribution in [0.3, 0.4) is 0 Å². The van der Waals surface area contributed by atoms with Gasteiger partial charge >= 0.3 is 0 Å². The number of amides is 1. The van der Waals surface area contributed by atoms with Gasteiger partial charge in [-0.15, -0.1) is 0 Å². The molecule has 3 nitrogen and oxygen atoms in total. The van der Waals surface area contributed by atoms with Crippen LogP contribution >= 0.6 is 0 Å². The van der Waals surface area contributed by atoms with E-state index in [9.17, 15) is 13.6 Å². The highest BCUT2D eigenvalue weighted by Crippen LogP contribution is 2.28. The molecule has 156 valence electrons. The summed E-state index contributed by atoms with van der Waals surface area (Å²) in [5, 5.41) is 0. The minimum absolute atomic E-state index is 0.0620. The molecule has 1 heterocycles. The second kappa shape index (κ2) is 9.49. The molecule has 1 aliphatic rings. The minimum Gasteiger partial charge on any atom is -0.343 e. The molecule has 1 aliphatic heterocycles. The van der Waals surface area contributed by atoms with Gasteiger partial charge in [-0.05, 0) is 67.2 Å². The normalized spacial score (nSPS) is 15.8. The molecular weight excluding hydrogens is 370 g/mol. The van der Waals surface area contributed by atoms with Crippen molar-refractivity contribution in [2.45, 2.75) is 38.6 Å². The zero-order chi connectivity index (χ0) is 21.0. The van der Waals surface area contributed by atoms with Crippen LogP contribution in [0.1, 0.15) is 43.7 Å². The number of likely N-dealkylation sites (tertiary alicyclic amines) is 1. The number of rotatable bonds is 7. The van der Waals surface area contributed by atoms with E-state index in [0.29, 0.717) is 29.6 Å². The third-order valence-electron chi connectivity index (χ3n) is 5.87. The third kappa shape index (κ3) is 5.21. The van der Waals surface area contributed by atoms with Crippen molar-refractivity contribution in [3.63, 3.8) is 0 Å². The largest absolute Gasteiger partial charge is 0.343 e. The van der Waals surface area contributed by atoms with Crippen LogP contribution in [-0.2, 0) is 4.79 Å². The van der Waals surface area contributed by atoms with Crippen molar-refractivity contribution in [1.29, 1.82) is 0 Å². The van der Waals surface area contributed by atoms with Crippen LogP contribution in [0, 0.1) is 17.6 Å². The monoisotopic (exact) mass is 400 g/mol. The third-order valence-corrected chi connectivity index (χ3v) is 5.87. The molecule has 0 aromatic heterocycles. The average Bonchev–Trinajstić information content (AvgIpc) is 3.23. The smallest absolute Gasteiger partial charge is 0.234 e. The molecule has 0 N–H and O–H groups in total. The zero-order valence-electron chi connectivity index (χ0n) is 17.4. The first-order valence-electron chi connectivity index (χ1n) is 10.4. The van der Waals surface area contributed by atoms with E-state index in [0.717, 1.165) is 13.1 Å². The Bertz CT molecular complexity index is 753. The first-order valence-corrected chi connectivity index (χ1v) is 10.4. The van der Waals surface area contributed by atoms with Crippen LogP contribution < -0.4 is 0 Å². The highest BCUT2D eigenvalue weighted by Gasteiger charge is 2.31. The molecule has 0 radical (unpaired) electrons. The Morgan fingerprint density at radius 3 is 1.79 bits per heavy atom. The lowest BCUT2D eigenvalue weighted by Gasteiger charge is -2.35. The van der Waals surface area contributed by atoms with Gasteiger partial charge in [-0.1, -0.05) is 38.1 Å². The molecule has 0 aliphatic carbocycles. The molecule has 2 aromatic carbocycles. The van der Waals surface area contributed by atoms with E-state index in [-0.39, 0.29) is 17.5 Å². The number of nitrogens with zero attached hydrogens (tertiary/aromatic N) is 2. The van der Waals surface area contributed by atoms with Crippen LogP contribution in [0.5, 0.6) is 0 Å². The maximum Gasteiger partial charge on any atom is 0.234 e. The van der Waals surface area contributed by atoms with E-state index < -0.39 is 5.92 Å². The Balaban J connectivity index is 1.86. The summed E-state index contributed by atoms with van der Waals surface area (Å²) >= 11 is 0. The van der Waals surface area contributed by atoms with Crippen molar-refractivity contribution in [2.24, 2.45) is 5.92 Å². The fourth-order valence-corrected chi connectivity index (χ4v) is 4.20. The molecule has 1 amide bonds. The van der Waals surface area contributed by atoms with Crippen molar-refractivity contribution in [2.75, 3.05) is 26.7 Å². The van der Waals surface area contributed by atoms with Crippen molar-refractivity contribution < 1.29 is 13.6 Å². The Morgan fingerprint density at radius 2 is 1.38 bits per heavy atom. The molecule has 1 unspecified atom stereocenters. The van der Waals surface area contributed by atoms with Gasteiger partial charge in [-0.2, -0.15) is 0 Å². The van der Waals surface area contributed by atoms with Gasteiger partial charge < -0.3 is 4.90 Å². The summed E-state index contributed by atoms with van der Waals surface area (Å²) in [6, 6.07) is 12.3. The zero-order valence-corrected chi connectivity index (χ0v) is 17.4. The number of benzene rings is 2. The number of halogens is 2. The molecule has 2 aromatic rings. The standard InChI is InChI=1S/C24H30F2N2O/c1-17(2)22(28-14-4-5-15-28)16-27(3)24(29)23(18-6-10-20(25)11-7-18)19-8-12-21(26)13-9-19/h6-13,17,22-23H,4-5,14-16H2,1-3H3. The van der Waals surface area contributed by atoms with Crippen molar-refractivity contribution in [1.82, 2.24) is 9.80 Å². The van der Waals surface area contributed by atoms with E-state index in [2.05, 4.69) is 18.7 Å². The van der Waals surface area contributed by atoms with Crippen LogP contribution in [0.25, 0.3) is 0 Å². The minimum atomic E-state index is -0.590. The topological polar surface area (TPSA) is 23.6 Å². The first kappa shape index (κ1) is 21.4. The molecule has 0 spiro atoms. The summed E-state index contributed by atoms with van der Waals surface area (Å²) in [6.45, 7) is 7.17. The van der Waals surface area contributed by atoms with Crippen molar-refractivity contribution >= 4 is 5.91 Å². The van der Waals surface area contributed by atoms with E-state index in [1.165, 1.54) is 37.1 Å². The SMILES string of the molecule is CC(C)C(CN(C)C(=O)C(c1ccc(F)cc1)c1ccc(F)cc1)N1CCCC1. The highest BCUT2D eigenvalue weighted by atomic mass is 19.1. The second-order valence-corrected chi connectivity index (χ2v) is 8.31. The summed E-state index contributed by atoms with van der Waals surface area (Å²) in [7, 11) is 1.83. The maximum absolute atomic E-state index is 13.5. The lowest BCUT2D eigenvalue weighted by Crippen LogP contribution is -2.47. The molecule has 0 saturated carbocycles. The number of hydrogen-bond donors (Lipinski definition) is 0. The first-order chi connectivity index (χ1) is 13.9. The van der Waals surface area contributed by atoms with E-state index >= 15 is 0 Å². The molecule has 0 bridgehead atoms. The molecule has 1 atom stereocenters. The maximum atomic E-state index is 13.5. The molecule has 5 heteroatoms. The lowest BCUT2D eigenvalue weighted by molar-refractivity contribution is -0.131. The van der Waals surface area contributed by atoms with E-state index in [1.54, 1.807) is 29.2 Å². The summed E-state index contributed by atoms with van der Waals surface area (Å²) < 4.78 is 26.9. The van der Waals surface area contributed by atoms with Gasteiger partial charge in [0.25, 0.3) is 0 Å². The van der Waals surface area contributed by atoms with Crippen molar-refractivity contribution in [3.05, 3.63) is 71.3 Å². The summed E-state index contributed by atoms with van der Waals surface area (Å²) in [4.78, 5) is 17.8. The predicted molar refractivity (Wildman–Crippen MR) is 112 cm³/mol. The Morgan fingerprint density at radius 1 is 0.931 bits per heavy atom. The number of carbonyl (C=O) groups is 1. The van der Waals surface area contributed by atoms with E-state index in [4.69, 9.17) is 0 Å². The van der Waals surface area contributed by atoms with Gasteiger partial charge in [0.2, 0.25) is 5.91 Å². The van der Waals surface area contributed by atoms with E-state index in [1.807, 2.05) is 7.05 Å². The average molecular weight is 401 g/mol. The quantitative estimate of drug-likeness (QED) is 0.674. The molecule has 1 saturated heterocycles. The van der Waals surface area contributed by atoms with Crippen LogP contribution in [-0.4, -0.2) is 48.4 Å². The van der Waals surface area contributed by atoms with Gasteiger partial charge in [-0.25, -0.2) is 8.78 Å². The van der Waals surface area contributed by atoms with Gasteiger partial charge in [0.05, 0.1) is 5.92 Å². The van der Waals surface area contributed by atoms with Crippen LogP contribution in [0.2, 0.25) is 0 Å². The Kier molecular flexibility index (Phi) is 7.01. The fraction of sp³-hybridized carbons (Fsp3) is 0.458.